The second kappa shape index (κ2) is 6.43. The molecule has 0 aromatic heterocycles. The van der Waals surface area contributed by atoms with Gasteiger partial charge in [-0.25, -0.2) is 4.39 Å². The van der Waals surface area contributed by atoms with Gasteiger partial charge in [0.1, 0.15) is 5.82 Å². The number of halogens is 1. The molecule has 0 saturated carbocycles. The fraction of sp³-hybridized carbons (Fsp3) is 0.263. The molecule has 124 valence electrons. The van der Waals surface area contributed by atoms with E-state index in [0.717, 1.165) is 16.8 Å². The lowest BCUT2D eigenvalue weighted by molar-refractivity contribution is -0.122. The van der Waals surface area contributed by atoms with E-state index in [0.29, 0.717) is 12.2 Å². The Morgan fingerprint density at radius 2 is 1.88 bits per heavy atom. The van der Waals surface area contributed by atoms with Crippen LogP contribution in [0, 0.1) is 25.6 Å². The Labute approximate surface area is 140 Å². The van der Waals surface area contributed by atoms with Crippen LogP contribution in [-0.2, 0) is 9.59 Å². The molecule has 4 nitrogen and oxygen atoms in total. The molecule has 2 aromatic rings. The average Bonchev–Trinajstić information content (AvgIpc) is 2.93. The van der Waals surface area contributed by atoms with Crippen molar-refractivity contribution in [2.24, 2.45) is 5.92 Å². The minimum Gasteiger partial charge on any atom is -0.326 e. The van der Waals surface area contributed by atoms with Crippen molar-refractivity contribution in [3.05, 3.63) is 59.4 Å². The van der Waals surface area contributed by atoms with Crippen LogP contribution in [0.15, 0.2) is 42.5 Å². The Morgan fingerprint density at radius 1 is 1.17 bits per heavy atom. The molecular weight excluding hydrogens is 307 g/mol. The van der Waals surface area contributed by atoms with E-state index in [1.165, 1.54) is 17.0 Å². The second-order valence-corrected chi connectivity index (χ2v) is 6.19. The molecule has 24 heavy (non-hydrogen) atoms. The highest BCUT2D eigenvalue weighted by Crippen LogP contribution is 2.26. The molecule has 1 fully saturated rings. The molecule has 0 radical (unpaired) electrons. The second-order valence-electron chi connectivity index (χ2n) is 6.19. The minimum absolute atomic E-state index is 0.123. The molecule has 1 N–H and O–H groups in total. The van der Waals surface area contributed by atoms with Crippen LogP contribution in [0.25, 0.3) is 0 Å². The number of benzene rings is 2. The van der Waals surface area contributed by atoms with Crippen LogP contribution in [0.1, 0.15) is 17.5 Å². The van der Waals surface area contributed by atoms with Gasteiger partial charge < -0.3 is 10.2 Å². The van der Waals surface area contributed by atoms with Crippen LogP contribution in [0.4, 0.5) is 15.8 Å². The van der Waals surface area contributed by atoms with E-state index in [2.05, 4.69) is 5.32 Å². The van der Waals surface area contributed by atoms with Crippen molar-refractivity contribution in [2.75, 3.05) is 16.8 Å². The van der Waals surface area contributed by atoms with Crippen molar-refractivity contribution in [1.29, 1.82) is 0 Å². The Bertz CT molecular complexity index is 786. The molecule has 3 rings (SSSR count). The van der Waals surface area contributed by atoms with Gasteiger partial charge in [0.05, 0.1) is 5.92 Å². The monoisotopic (exact) mass is 326 g/mol. The van der Waals surface area contributed by atoms with Crippen LogP contribution < -0.4 is 10.2 Å². The summed E-state index contributed by atoms with van der Waals surface area (Å²) < 4.78 is 13.0. The average molecular weight is 326 g/mol. The number of hydrogen-bond acceptors (Lipinski definition) is 2. The highest BCUT2D eigenvalue weighted by Gasteiger charge is 2.35. The number of carbonyl (C=O) groups is 2. The lowest BCUT2D eigenvalue weighted by Gasteiger charge is -2.17. The Kier molecular flexibility index (Phi) is 4.34. The van der Waals surface area contributed by atoms with Gasteiger partial charge in [-0.15, -0.1) is 0 Å². The predicted octanol–water partition coefficient (Wildman–Crippen LogP) is 3.43. The van der Waals surface area contributed by atoms with Crippen LogP contribution >= 0.6 is 0 Å². The maximum atomic E-state index is 13.0. The molecular formula is C19H19FN2O2. The van der Waals surface area contributed by atoms with Crippen molar-refractivity contribution in [2.45, 2.75) is 20.3 Å². The van der Waals surface area contributed by atoms with E-state index in [4.69, 9.17) is 0 Å². The fourth-order valence-electron chi connectivity index (χ4n) is 2.94. The molecule has 1 unspecified atom stereocenters. The number of nitrogens with one attached hydrogen (secondary N) is 1. The highest BCUT2D eigenvalue weighted by molar-refractivity contribution is 6.03. The molecule has 1 aliphatic rings. The van der Waals surface area contributed by atoms with Crippen LogP contribution in [0.3, 0.4) is 0 Å². The number of carbonyl (C=O) groups excluding carboxylic acids is 2. The minimum atomic E-state index is -0.414. The molecule has 0 bridgehead atoms. The van der Waals surface area contributed by atoms with E-state index < -0.39 is 5.92 Å². The van der Waals surface area contributed by atoms with Gasteiger partial charge in [-0.05, 0) is 49.7 Å². The first kappa shape index (κ1) is 16.2. The van der Waals surface area contributed by atoms with Crippen molar-refractivity contribution in [1.82, 2.24) is 0 Å². The maximum Gasteiger partial charge on any atom is 0.229 e. The smallest absolute Gasteiger partial charge is 0.229 e. The topological polar surface area (TPSA) is 49.4 Å². The van der Waals surface area contributed by atoms with Gasteiger partial charge in [-0.3, -0.25) is 9.59 Å². The Morgan fingerprint density at radius 3 is 2.54 bits per heavy atom. The number of anilines is 2. The normalized spacial score (nSPS) is 17.2. The van der Waals surface area contributed by atoms with Gasteiger partial charge in [-0.2, -0.15) is 0 Å². The van der Waals surface area contributed by atoms with Crippen molar-refractivity contribution < 1.29 is 14.0 Å². The maximum absolute atomic E-state index is 13.0. The van der Waals surface area contributed by atoms with E-state index in [1.807, 2.05) is 32.0 Å². The molecule has 2 aromatic carbocycles. The van der Waals surface area contributed by atoms with Crippen molar-refractivity contribution >= 4 is 23.2 Å². The molecule has 1 heterocycles. The lowest BCUT2D eigenvalue weighted by atomic mass is 10.1. The summed E-state index contributed by atoms with van der Waals surface area (Å²) in [7, 11) is 0. The van der Waals surface area contributed by atoms with Crippen LogP contribution in [0.2, 0.25) is 0 Å². The molecule has 1 saturated heterocycles. The van der Waals surface area contributed by atoms with Gasteiger partial charge in [0.25, 0.3) is 0 Å². The third kappa shape index (κ3) is 3.30. The van der Waals surface area contributed by atoms with Gasteiger partial charge in [0.15, 0.2) is 0 Å². The molecule has 0 spiro atoms. The summed E-state index contributed by atoms with van der Waals surface area (Å²) in [5.41, 5.74) is 3.49. The van der Waals surface area contributed by atoms with Crippen molar-refractivity contribution in [3.63, 3.8) is 0 Å². The highest BCUT2D eigenvalue weighted by atomic mass is 19.1. The van der Waals surface area contributed by atoms with Crippen molar-refractivity contribution in [3.8, 4) is 0 Å². The summed E-state index contributed by atoms with van der Waals surface area (Å²) in [4.78, 5) is 26.2. The predicted molar refractivity (Wildman–Crippen MR) is 91.4 cm³/mol. The summed E-state index contributed by atoms with van der Waals surface area (Å²) in [5, 5.41) is 2.90. The first-order valence-corrected chi connectivity index (χ1v) is 7.88. The SMILES string of the molecule is Cc1ccc(NC(=O)C2CC(=O)N(c3ccc(F)cc3)C2)c(C)c1. The molecule has 1 atom stereocenters. The lowest BCUT2D eigenvalue weighted by Crippen LogP contribution is -2.28. The molecule has 5 heteroatoms. The quantitative estimate of drug-likeness (QED) is 0.939. The molecule has 1 aliphatic heterocycles. The summed E-state index contributed by atoms with van der Waals surface area (Å²) in [6, 6.07) is 11.5. The van der Waals surface area contributed by atoms with E-state index in [9.17, 15) is 14.0 Å². The standard InChI is InChI=1S/C19H19FN2O2/c1-12-3-8-17(13(2)9-12)21-19(24)14-10-18(23)22(11-14)16-6-4-15(20)5-7-16/h3-9,14H,10-11H2,1-2H3,(H,21,24). The van der Waals surface area contributed by atoms with Gasteiger partial charge in [0.2, 0.25) is 11.8 Å². The van der Waals surface area contributed by atoms with E-state index in [1.54, 1.807) is 12.1 Å². The summed E-state index contributed by atoms with van der Waals surface area (Å²) >= 11 is 0. The Balaban J connectivity index is 1.70. The zero-order valence-corrected chi connectivity index (χ0v) is 13.7. The molecule has 0 aliphatic carbocycles. The summed E-state index contributed by atoms with van der Waals surface area (Å²) in [6.07, 6.45) is 0.161. The van der Waals surface area contributed by atoms with Gasteiger partial charge in [-0.1, -0.05) is 17.7 Å². The largest absolute Gasteiger partial charge is 0.326 e. The number of amides is 2. The van der Waals surface area contributed by atoms with E-state index >= 15 is 0 Å². The number of hydrogen-bond donors (Lipinski definition) is 1. The Hall–Kier alpha value is -2.69. The number of rotatable bonds is 3. The zero-order valence-electron chi connectivity index (χ0n) is 13.7. The zero-order chi connectivity index (χ0) is 17.3. The number of nitrogens with zero attached hydrogens (tertiary/aromatic N) is 1. The third-order valence-electron chi connectivity index (χ3n) is 4.27. The number of aryl methyl sites for hydroxylation is 2. The molecule has 2 amide bonds. The first-order chi connectivity index (χ1) is 11.4. The van der Waals surface area contributed by atoms with E-state index in [-0.39, 0.29) is 24.1 Å². The first-order valence-electron chi connectivity index (χ1n) is 7.88. The van der Waals surface area contributed by atoms with Gasteiger partial charge in [0, 0.05) is 24.3 Å². The third-order valence-corrected chi connectivity index (χ3v) is 4.27. The fourth-order valence-corrected chi connectivity index (χ4v) is 2.94. The summed E-state index contributed by atoms with van der Waals surface area (Å²) in [6.45, 7) is 4.24. The van der Waals surface area contributed by atoms with Crippen LogP contribution in [0.5, 0.6) is 0 Å². The summed E-state index contributed by atoms with van der Waals surface area (Å²) in [5.74, 6) is -1.06. The van der Waals surface area contributed by atoms with Crippen LogP contribution in [-0.4, -0.2) is 18.4 Å². The van der Waals surface area contributed by atoms with Gasteiger partial charge >= 0.3 is 0 Å².